The summed E-state index contributed by atoms with van der Waals surface area (Å²) in [7, 11) is 2.06. The van der Waals surface area contributed by atoms with E-state index in [4.69, 9.17) is 0 Å². The highest BCUT2D eigenvalue weighted by Crippen LogP contribution is 2.22. The second-order valence-electron chi connectivity index (χ2n) is 4.93. The zero-order valence-corrected chi connectivity index (χ0v) is 13.0. The van der Waals surface area contributed by atoms with Crippen molar-refractivity contribution in [1.29, 1.82) is 0 Å². The van der Waals surface area contributed by atoms with Gasteiger partial charge in [-0.2, -0.15) is 0 Å². The zero-order chi connectivity index (χ0) is 14.5. The molecular weight excluding hydrogens is 268 g/mol. The summed E-state index contributed by atoms with van der Waals surface area (Å²) in [6, 6.07) is 6.10. The van der Waals surface area contributed by atoms with Gasteiger partial charge in [-0.3, -0.25) is 4.79 Å². The van der Waals surface area contributed by atoms with Crippen molar-refractivity contribution in [3.63, 3.8) is 0 Å². The summed E-state index contributed by atoms with van der Waals surface area (Å²) >= 11 is 1.66. The Hall–Kier alpha value is -1.68. The molecule has 0 saturated heterocycles. The first-order valence-electron chi connectivity index (χ1n) is 6.85. The van der Waals surface area contributed by atoms with Gasteiger partial charge in [-0.25, -0.2) is 4.98 Å². The zero-order valence-electron chi connectivity index (χ0n) is 12.2. The molecular formula is C16H20N2OS. The van der Waals surface area contributed by atoms with Crippen LogP contribution in [0.2, 0.25) is 0 Å². The van der Waals surface area contributed by atoms with Gasteiger partial charge in [0.2, 0.25) is 0 Å². The molecule has 4 heteroatoms. The third kappa shape index (κ3) is 3.45. The quantitative estimate of drug-likeness (QED) is 0.755. The highest BCUT2D eigenvalue weighted by atomic mass is 32.1. The van der Waals surface area contributed by atoms with E-state index in [1.807, 2.05) is 23.7 Å². The van der Waals surface area contributed by atoms with Gasteiger partial charge in [0, 0.05) is 29.9 Å². The minimum atomic E-state index is 0.141. The summed E-state index contributed by atoms with van der Waals surface area (Å²) in [5.41, 5.74) is 3.12. The van der Waals surface area contributed by atoms with E-state index in [0.717, 1.165) is 41.2 Å². The number of carbonyl (C=O) groups is 1. The van der Waals surface area contributed by atoms with E-state index < -0.39 is 0 Å². The summed E-state index contributed by atoms with van der Waals surface area (Å²) < 4.78 is 0. The summed E-state index contributed by atoms with van der Waals surface area (Å²) in [5, 5.41) is 3.09. The van der Waals surface area contributed by atoms with Gasteiger partial charge in [0.25, 0.3) is 0 Å². The SMILES string of the molecule is CCCc1cc(N(C)Cc2nccs2)ccc1C(C)=O. The molecule has 1 aromatic carbocycles. The molecule has 0 fully saturated rings. The average molecular weight is 288 g/mol. The fraction of sp³-hybridized carbons (Fsp3) is 0.375. The smallest absolute Gasteiger partial charge is 0.160 e. The van der Waals surface area contributed by atoms with Crippen LogP contribution in [0, 0.1) is 0 Å². The standard InChI is InChI=1S/C16H20N2OS/c1-4-5-13-10-14(6-7-15(13)12(2)19)18(3)11-16-17-8-9-20-16/h6-10H,4-5,11H2,1-3H3. The third-order valence-corrected chi connectivity index (χ3v) is 4.05. The number of rotatable bonds is 6. The Kier molecular flexibility index (Phi) is 4.90. The molecule has 1 aromatic heterocycles. The number of nitrogens with zero attached hydrogens (tertiary/aromatic N) is 2. The van der Waals surface area contributed by atoms with Crippen LogP contribution in [-0.2, 0) is 13.0 Å². The Morgan fingerprint density at radius 3 is 2.80 bits per heavy atom. The average Bonchev–Trinajstić information content (AvgIpc) is 2.91. The van der Waals surface area contributed by atoms with Gasteiger partial charge in [-0.1, -0.05) is 13.3 Å². The summed E-state index contributed by atoms with van der Waals surface area (Å²) in [5.74, 6) is 0.141. The van der Waals surface area contributed by atoms with Crippen LogP contribution in [0.4, 0.5) is 5.69 Å². The number of Topliss-reactive ketones (excluding diaryl/α,β-unsaturated/α-hetero) is 1. The van der Waals surface area contributed by atoms with Gasteiger partial charge < -0.3 is 4.90 Å². The Bertz CT molecular complexity index is 578. The van der Waals surface area contributed by atoms with Crippen molar-refractivity contribution < 1.29 is 4.79 Å². The monoisotopic (exact) mass is 288 g/mol. The molecule has 2 rings (SSSR count). The van der Waals surface area contributed by atoms with Gasteiger partial charge in [-0.05, 0) is 37.1 Å². The van der Waals surface area contributed by atoms with Gasteiger partial charge in [0.05, 0.1) is 6.54 Å². The lowest BCUT2D eigenvalue weighted by molar-refractivity contribution is 0.101. The van der Waals surface area contributed by atoms with E-state index in [-0.39, 0.29) is 5.78 Å². The molecule has 0 spiro atoms. The normalized spacial score (nSPS) is 10.6. The summed E-state index contributed by atoms with van der Waals surface area (Å²) in [6.45, 7) is 4.56. The fourth-order valence-electron chi connectivity index (χ4n) is 2.26. The first-order valence-corrected chi connectivity index (χ1v) is 7.73. The van der Waals surface area contributed by atoms with E-state index in [0.29, 0.717) is 0 Å². The fourth-order valence-corrected chi connectivity index (χ4v) is 2.93. The van der Waals surface area contributed by atoms with E-state index in [1.54, 1.807) is 18.3 Å². The van der Waals surface area contributed by atoms with Gasteiger partial charge in [-0.15, -0.1) is 11.3 Å². The number of carbonyl (C=O) groups excluding carboxylic acids is 1. The highest BCUT2D eigenvalue weighted by Gasteiger charge is 2.10. The maximum atomic E-state index is 11.7. The first kappa shape index (κ1) is 14.7. The molecule has 0 radical (unpaired) electrons. The second kappa shape index (κ2) is 6.66. The Morgan fingerprint density at radius 1 is 1.40 bits per heavy atom. The van der Waals surface area contributed by atoms with Gasteiger partial charge in [0.1, 0.15) is 5.01 Å². The van der Waals surface area contributed by atoms with Crippen LogP contribution in [0.25, 0.3) is 0 Å². The number of thiazole rings is 1. The minimum Gasteiger partial charge on any atom is -0.368 e. The third-order valence-electron chi connectivity index (χ3n) is 3.28. The van der Waals surface area contributed by atoms with Crippen LogP contribution in [0.5, 0.6) is 0 Å². The van der Waals surface area contributed by atoms with Crippen molar-refractivity contribution in [2.24, 2.45) is 0 Å². The predicted octanol–water partition coefficient (Wildman–Crippen LogP) is 3.93. The molecule has 0 bridgehead atoms. The predicted molar refractivity (Wildman–Crippen MR) is 84.7 cm³/mol. The van der Waals surface area contributed by atoms with Crippen molar-refractivity contribution in [2.45, 2.75) is 33.2 Å². The maximum Gasteiger partial charge on any atom is 0.160 e. The van der Waals surface area contributed by atoms with Crippen molar-refractivity contribution in [2.75, 3.05) is 11.9 Å². The number of hydrogen-bond donors (Lipinski definition) is 0. The van der Waals surface area contributed by atoms with E-state index in [9.17, 15) is 4.79 Å². The van der Waals surface area contributed by atoms with Crippen molar-refractivity contribution in [3.05, 3.63) is 45.9 Å². The molecule has 0 aliphatic heterocycles. The molecule has 0 aliphatic carbocycles. The number of ketones is 1. The lowest BCUT2D eigenvalue weighted by atomic mass is 9.99. The van der Waals surface area contributed by atoms with Crippen LogP contribution in [0.3, 0.4) is 0 Å². The lowest BCUT2D eigenvalue weighted by Gasteiger charge is -2.20. The molecule has 0 aliphatic rings. The number of aromatic nitrogens is 1. The molecule has 20 heavy (non-hydrogen) atoms. The maximum absolute atomic E-state index is 11.7. The number of benzene rings is 1. The van der Waals surface area contributed by atoms with Gasteiger partial charge >= 0.3 is 0 Å². The topological polar surface area (TPSA) is 33.2 Å². The van der Waals surface area contributed by atoms with Crippen molar-refractivity contribution >= 4 is 22.8 Å². The van der Waals surface area contributed by atoms with Crippen molar-refractivity contribution in [1.82, 2.24) is 4.98 Å². The van der Waals surface area contributed by atoms with Crippen molar-refractivity contribution in [3.8, 4) is 0 Å². The Balaban J connectivity index is 2.23. The molecule has 2 aromatic rings. The molecule has 0 amide bonds. The number of aryl methyl sites for hydroxylation is 1. The van der Waals surface area contributed by atoms with Crippen LogP contribution in [0.1, 0.15) is 41.2 Å². The minimum absolute atomic E-state index is 0.141. The first-order chi connectivity index (χ1) is 9.61. The summed E-state index contributed by atoms with van der Waals surface area (Å²) in [6.07, 6.45) is 3.81. The molecule has 0 unspecified atom stereocenters. The largest absolute Gasteiger partial charge is 0.368 e. The summed E-state index contributed by atoms with van der Waals surface area (Å²) in [4.78, 5) is 18.1. The van der Waals surface area contributed by atoms with E-state index in [2.05, 4.69) is 29.9 Å². The molecule has 1 heterocycles. The number of anilines is 1. The Labute approximate surface area is 124 Å². The van der Waals surface area contributed by atoms with E-state index >= 15 is 0 Å². The number of hydrogen-bond acceptors (Lipinski definition) is 4. The Morgan fingerprint density at radius 2 is 2.20 bits per heavy atom. The lowest BCUT2D eigenvalue weighted by Crippen LogP contribution is -2.16. The van der Waals surface area contributed by atoms with Crippen LogP contribution >= 0.6 is 11.3 Å². The van der Waals surface area contributed by atoms with Crippen LogP contribution < -0.4 is 4.90 Å². The molecule has 0 saturated carbocycles. The van der Waals surface area contributed by atoms with Gasteiger partial charge in [0.15, 0.2) is 5.78 Å². The van der Waals surface area contributed by atoms with E-state index in [1.165, 1.54) is 0 Å². The molecule has 3 nitrogen and oxygen atoms in total. The molecule has 0 atom stereocenters. The second-order valence-corrected chi connectivity index (χ2v) is 5.91. The molecule has 106 valence electrons. The van der Waals surface area contributed by atoms with Crippen LogP contribution in [0.15, 0.2) is 29.8 Å². The van der Waals surface area contributed by atoms with Crippen LogP contribution in [-0.4, -0.2) is 17.8 Å². The highest BCUT2D eigenvalue weighted by molar-refractivity contribution is 7.09. The molecule has 0 N–H and O–H groups in total.